The van der Waals surface area contributed by atoms with Gasteiger partial charge < -0.3 is 14.0 Å². The molecule has 0 aliphatic heterocycles. The van der Waals surface area contributed by atoms with E-state index >= 15 is 0 Å². The van der Waals surface area contributed by atoms with Crippen LogP contribution < -0.4 is 4.74 Å². The van der Waals surface area contributed by atoms with Crippen molar-refractivity contribution in [2.45, 2.75) is 84.0 Å². The zero-order valence-electron chi connectivity index (χ0n) is 27.4. The third-order valence-electron chi connectivity index (χ3n) is 6.89. The van der Waals surface area contributed by atoms with E-state index in [1.807, 2.05) is 6.92 Å². The highest BCUT2D eigenvalue weighted by atomic mass is 19.4. The van der Waals surface area contributed by atoms with Crippen LogP contribution in [0.25, 0.3) is 22.2 Å². The van der Waals surface area contributed by atoms with E-state index in [-0.39, 0.29) is 29.2 Å². The fraction of sp³-hybridized carbons (Fsp3) is 0.485. The van der Waals surface area contributed by atoms with Crippen LogP contribution >= 0.6 is 0 Å². The van der Waals surface area contributed by atoms with Gasteiger partial charge in [0, 0.05) is 35.3 Å². The monoisotopic (exact) mass is 749 g/mol. The Balaban J connectivity index is 1.83. The molecule has 18 heteroatoms. The predicted molar refractivity (Wildman–Crippen MR) is 160 cm³/mol. The molecule has 0 spiro atoms. The molecule has 0 fully saturated rings. The maximum Gasteiger partial charge on any atom is 0.496 e. The summed E-state index contributed by atoms with van der Waals surface area (Å²) in [7, 11) is 0. The summed E-state index contributed by atoms with van der Waals surface area (Å²) in [6.07, 6.45) is -23.6. The van der Waals surface area contributed by atoms with Crippen molar-refractivity contribution in [1.82, 2.24) is 4.57 Å². The van der Waals surface area contributed by atoms with E-state index in [1.54, 1.807) is 19.9 Å². The molecular formula is C33H34F11NO6. The molecule has 7 nitrogen and oxygen atoms in total. The number of aryl methyl sites for hydroxylation is 1. The Morgan fingerprint density at radius 3 is 2.02 bits per heavy atom. The Morgan fingerprint density at radius 1 is 0.824 bits per heavy atom. The maximum atomic E-state index is 14.3. The summed E-state index contributed by atoms with van der Waals surface area (Å²) in [4.78, 5) is 10.8. The van der Waals surface area contributed by atoms with Gasteiger partial charge in [0.15, 0.2) is 13.2 Å². The molecule has 1 heterocycles. The summed E-state index contributed by atoms with van der Waals surface area (Å²) in [5, 5.41) is 0.374. The number of ether oxygens (including phenoxy) is 5. The van der Waals surface area contributed by atoms with Gasteiger partial charge >= 0.3 is 37.0 Å². The molecule has 0 saturated heterocycles. The topological polar surface area (TPSA) is 68.2 Å². The average Bonchev–Trinajstić information content (AvgIpc) is 3.33. The first-order valence-electron chi connectivity index (χ1n) is 15.3. The lowest BCUT2D eigenvalue weighted by Gasteiger charge is -2.27. The maximum absolute atomic E-state index is 14.3. The van der Waals surface area contributed by atoms with Crippen LogP contribution in [-0.4, -0.2) is 48.6 Å². The number of carbonyl (C=O) groups is 1. The number of unbranched alkanes of at least 4 members (excludes halogenated alkanes) is 2. The normalized spacial score (nSPS) is 13.2. The summed E-state index contributed by atoms with van der Waals surface area (Å²) in [6, 6.07) is 9.09. The molecule has 0 saturated carbocycles. The van der Waals surface area contributed by atoms with Gasteiger partial charge in [0.05, 0.1) is 11.1 Å². The van der Waals surface area contributed by atoms with Crippen LogP contribution in [-0.2, 0) is 42.9 Å². The quantitative estimate of drug-likeness (QED) is 0.0400. The van der Waals surface area contributed by atoms with Gasteiger partial charge in [-0.15, -0.1) is 17.6 Å². The van der Waals surface area contributed by atoms with Gasteiger partial charge in [-0.2, -0.15) is 30.7 Å². The third kappa shape index (κ3) is 12.4. The van der Waals surface area contributed by atoms with E-state index in [1.165, 1.54) is 22.8 Å². The Labute approximate surface area is 284 Å². The van der Waals surface area contributed by atoms with Crippen molar-refractivity contribution < 1.29 is 76.8 Å². The SMILES string of the molecule is C=CC(=O)OCC(F)(F)OC(F)(F)OC(F)(F)OC(F)(F)COc1ccc2cc(-c3ccc(CCCCC)cc3C(F)(F)F)n(CC(C)C)c2c1. The molecule has 0 bridgehead atoms. The van der Waals surface area contributed by atoms with Crippen LogP contribution in [0, 0.1) is 5.92 Å². The summed E-state index contributed by atoms with van der Waals surface area (Å²) in [5.74, 6) is -2.05. The van der Waals surface area contributed by atoms with Gasteiger partial charge in [-0.3, -0.25) is 0 Å². The molecule has 0 radical (unpaired) electrons. The highest BCUT2D eigenvalue weighted by Gasteiger charge is 2.57. The number of hydrogen-bond donors (Lipinski definition) is 0. The number of nitrogens with zero attached hydrogens (tertiary/aromatic N) is 1. The standard InChI is InChI=1S/C33H34F11NO6/c1-5-7-8-9-21-10-13-24(25(14-21)31(38,39)40)27-15-22-11-12-23(16-26(22)45(27)17-20(3)4)47-18-29(34,35)49-32(41,42)51-33(43,44)50-30(36,37)19-48-28(46)6-2/h6,10-16,20H,2,5,7-9,17-19H2,1,3-4H3. The molecule has 284 valence electrons. The van der Waals surface area contributed by atoms with Crippen LogP contribution in [0.1, 0.15) is 51.2 Å². The van der Waals surface area contributed by atoms with Crippen molar-refractivity contribution >= 4 is 16.9 Å². The fourth-order valence-corrected chi connectivity index (χ4v) is 4.86. The summed E-state index contributed by atoms with van der Waals surface area (Å²) in [6.45, 7) is 4.29. The number of aromatic nitrogens is 1. The summed E-state index contributed by atoms with van der Waals surface area (Å²) < 4.78 is 172. The minimum atomic E-state index is -5.95. The molecule has 3 aromatic rings. The Hall–Kier alpha value is -3.90. The van der Waals surface area contributed by atoms with Crippen molar-refractivity contribution in [3.63, 3.8) is 0 Å². The average molecular weight is 750 g/mol. The number of fused-ring (bicyclic) bond motifs is 1. The number of rotatable bonds is 19. The van der Waals surface area contributed by atoms with E-state index in [9.17, 15) is 53.1 Å². The highest BCUT2D eigenvalue weighted by Crippen LogP contribution is 2.41. The van der Waals surface area contributed by atoms with Crippen LogP contribution in [0.15, 0.2) is 55.1 Å². The van der Waals surface area contributed by atoms with Gasteiger partial charge in [0.2, 0.25) is 0 Å². The Kier molecular flexibility index (Phi) is 13.2. The second kappa shape index (κ2) is 16.2. The van der Waals surface area contributed by atoms with Gasteiger partial charge in [-0.25, -0.2) is 19.0 Å². The van der Waals surface area contributed by atoms with Crippen LogP contribution in [0.5, 0.6) is 5.75 Å². The zero-order valence-corrected chi connectivity index (χ0v) is 27.4. The lowest BCUT2D eigenvalue weighted by atomic mass is 9.97. The first kappa shape index (κ1) is 41.5. The first-order valence-corrected chi connectivity index (χ1v) is 15.3. The van der Waals surface area contributed by atoms with Gasteiger partial charge in [0.1, 0.15) is 5.75 Å². The molecule has 0 amide bonds. The lowest BCUT2D eigenvalue weighted by Crippen LogP contribution is -2.46. The van der Waals surface area contributed by atoms with Gasteiger partial charge in [-0.1, -0.05) is 52.3 Å². The molecule has 0 atom stereocenters. The van der Waals surface area contributed by atoms with Crippen molar-refractivity contribution in [3.8, 4) is 17.0 Å². The first-order chi connectivity index (χ1) is 23.5. The Morgan fingerprint density at radius 2 is 1.45 bits per heavy atom. The van der Waals surface area contributed by atoms with Crippen LogP contribution in [0.2, 0.25) is 0 Å². The summed E-state index contributed by atoms with van der Waals surface area (Å²) >= 11 is 0. The number of benzene rings is 2. The molecule has 2 aromatic carbocycles. The largest absolute Gasteiger partial charge is 0.496 e. The van der Waals surface area contributed by atoms with E-state index in [4.69, 9.17) is 4.74 Å². The number of halogens is 11. The second-order valence-corrected chi connectivity index (χ2v) is 11.7. The smallest absolute Gasteiger partial charge is 0.484 e. The molecule has 1 aromatic heterocycles. The molecule has 0 N–H and O–H groups in total. The minimum Gasteiger partial charge on any atom is -0.484 e. The molecule has 3 rings (SSSR count). The number of carbonyl (C=O) groups excluding carboxylic acids is 1. The third-order valence-corrected chi connectivity index (χ3v) is 6.89. The molecule has 0 aliphatic rings. The van der Waals surface area contributed by atoms with E-state index < -0.39 is 61.5 Å². The molecule has 51 heavy (non-hydrogen) atoms. The van der Waals surface area contributed by atoms with Crippen molar-refractivity contribution in [3.05, 3.63) is 66.2 Å². The predicted octanol–water partition coefficient (Wildman–Crippen LogP) is 10.2. The van der Waals surface area contributed by atoms with Crippen molar-refractivity contribution in [2.75, 3.05) is 13.2 Å². The Bertz CT molecular complexity index is 1650. The van der Waals surface area contributed by atoms with E-state index in [0.29, 0.717) is 29.9 Å². The molecule has 0 unspecified atom stereocenters. The lowest BCUT2D eigenvalue weighted by molar-refractivity contribution is -0.574. The molecular weight excluding hydrogens is 715 g/mol. The number of alkyl halides is 11. The van der Waals surface area contributed by atoms with E-state index in [2.05, 4.69) is 25.5 Å². The zero-order chi connectivity index (χ0) is 38.4. The number of esters is 1. The minimum absolute atomic E-state index is 0.129. The second-order valence-electron chi connectivity index (χ2n) is 11.7. The van der Waals surface area contributed by atoms with E-state index in [0.717, 1.165) is 31.0 Å². The van der Waals surface area contributed by atoms with Crippen molar-refractivity contribution in [1.29, 1.82) is 0 Å². The van der Waals surface area contributed by atoms with Gasteiger partial charge in [0.25, 0.3) is 0 Å². The summed E-state index contributed by atoms with van der Waals surface area (Å²) in [5.41, 5.74) is -0.134. The highest BCUT2D eigenvalue weighted by molar-refractivity contribution is 5.89. The molecule has 0 aliphatic carbocycles. The van der Waals surface area contributed by atoms with Gasteiger partial charge in [-0.05, 0) is 48.6 Å². The van der Waals surface area contributed by atoms with Crippen LogP contribution in [0.3, 0.4) is 0 Å². The van der Waals surface area contributed by atoms with Crippen LogP contribution in [0.4, 0.5) is 48.3 Å². The van der Waals surface area contributed by atoms with Crippen molar-refractivity contribution in [2.24, 2.45) is 5.92 Å². The number of hydrogen-bond acceptors (Lipinski definition) is 6. The fourth-order valence-electron chi connectivity index (χ4n) is 4.86.